The Bertz CT molecular complexity index is 3150. The fraction of sp³-hybridized carbons (Fsp3) is 0.0566. The SMILES string of the molecule is CC1(C)c2cccc(-c3cc(-c4cccc(-c5ccc6oc7ccccc7c6c5)c4)nc(-c4ccc(-c5ccccc5)cc4)n3)c2-c2ccc3ccccc3c21. The molecule has 8 aromatic carbocycles. The lowest BCUT2D eigenvalue weighted by Crippen LogP contribution is -2.15. The van der Waals surface area contributed by atoms with Crippen LogP contribution in [0.25, 0.3) is 100.0 Å². The molecule has 2 heterocycles. The highest BCUT2D eigenvalue weighted by atomic mass is 16.3. The molecule has 2 aromatic heterocycles. The summed E-state index contributed by atoms with van der Waals surface area (Å²) in [5.41, 5.74) is 16.3. The van der Waals surface area contributed by atoms with E-state index in [4.69, 9.17) is 14.4 Å². The van der Waals surface area contributed by atoms with Crippen LogP contribution < -0.4 is 0 Å². The van der Waals surface area contributed by atoms with Crippen molar-refractivity contribution in [3.05, 3.63) is 193 Å². The van der Waals surface area contributed by atoms with E-state index in [-0.39, 0.29) is 5.41 Å². The van der Waals surface area contributed by atoms with Crippen LogP contribution >= 0.6 is 0 Å². The lowest BCUT2D eigenvalue weighted by atomic mass is 9.80. The molecule has 3 heteroatoms. The smallest absolute Gasteiger partial charge is 0.160 e. The van der Waals surface area contributed by atoms with Gasteiger partial charge in [-0.3, -0.25) is 0 Å². The zero-order chi connectivity index (χ0) is 37.4. The molecule has 0 N–H and O–H groups in total. The maximum atomic E-state index is 6.15. The molecule has 0 radical (unpaired) electrons. The molecule has 0 bridgehead atoms. The van der Waals surface area contributed by atoms with Gasteiger partial charge in [-0.25, -0.2) is 9.97 Å². The monoisotopic (exact) mass is 716 g/mol. The molecule has 264 valence electrons. The number of furan rings is 1. The standard InChI is InChI=1S/C53H36N2O/c1-53(2)45-20-11-19-42(50(45)43-28-26-35-14-6-7-17-40(35)51(43)53)47-32-46(54-52(55-47)36-24-22-34(23-25-36)33-12-4-3-5-13-33)39-16-10-15-37(30-39)38-27-29-49-44(31-38)41-18-8-9-21-48(41)56-49/h3-32H,1-2H3. The van der Waals surface area contributed by atoms with Gasteiger partial charge in [0, 0.05) is 32.9 Å². The molecule has 0 spiro atoms. The molecule has 0 atom stereocenters. The molecule has 1 aliphatic carbocycles. The Kier molecular flexibility index (Phi) is 7.20. The number of hydrogen-bond donors (Lipinski definition) is 0. The molecule has 3 nitrogen and oxygen atoms in total. The summed E-state index contributed by atoms with van der Waals surface area (Å²) < 4.78 is 6.15. The molecule has 0 aliphatic heterocycles. The Morgan fingerprint density at radius 1 is 0.411 bits per heavy atom. The van der Waals surface area contributed by atoms with Crippen LogP contribution in [0.5, 0.6) is 0 Å². The van der Waals surface area contributed by atoms with Gasteiger partial charge in [0.25, 0.3) is 0 Å². The molecule has 0 amide bonds. The third kappa shape index (κ3) is 5.12. The van der Waals surface area contributed by atoms with Crippen molar-refractivity contribution in [2.24, 2.45) is 0 Å². The maximum absolute atomic E-state index is 6.15. The number of hydrogen-bond acceptors (Lipinski definition) is 3. The summed E-state index contributed by atoms with van der Waals surface area (Å²) in [6.45, 7) is 4.71. The Labute approximate surface area is 325 Å². The van der Waals surface area contributed by atoms with Crippen molar-refractivity contribution in [1.29, 1.82) is 0 Å². The van der Waals surface area contributed by atoms with E-state index in [0.29, 0.717) is 5.82 Å². The topological polar surface area (TPSA) is 38.9 Å². The Morgan fingerprint density at radius 3 is 1.93 bits per heavy atom. The van der Waals surface area contributed by atoms with Gasteiger partial charge in [-0.2, -0.15) is 0 Å². The number of para-hydroxylation sites is 1. The van der Waals surface area contributed by atoms with Crippen LogP contribution in [0.15, 0.2) is 186 Å². The average Bonchev–Trinajstić information content (AvgIpc) is 3.75. The fourth-order valence-electron chi connectivity index (χ4n) is 8.93. The average molecular weight is 717 g/mol. The maximum Gasteiger partial charge on any atom is 0.160 e. The summed E-state index contributed by atoms with van der Waals surface area (Å²) in [5, 5.41) is 4.80. The van der Waals surface area contributed by atoms with Crippen molar-refractivity contribution in [3.8, 4) is 67.3 Å². The van der Waals surface area contributed by atoms with Crippen LogP contribution in [0, 0.1) is 0 Å². The van der Waals surface area contributed by atoms with Gasteiger partial charge < -0.3 is 4.42 Å². The number of rotatable bonds is 5. The van der Waals surface area contributed by atoms with Crippen LogP contribution in [-0.2, 0) is 5.41 Å². The lowest BCUT2D eigenvalue weighted by molar-refractivity contribution is 0.666. The Hall–Kier alpha value is -7.10. The number of aromatic nitrogens is 2. The van der Waals surface area contributed by atoms with Gasteiger partial charge in [0.05, 0.1) is 11.4 Å². The minimum atomic E-state index is -0.177. The number of fused-ring (bicyclic) bond motifs is 8. The molecule has 0 unspecified atom stereocenters. The highest BCUT2D eigenvalue weighted by molar-refractivity contribution is 6.06. The van der Waals surface area contributed by atoms with Crippen molar-refractivity contribution in [1.82, 2.24) is 9.97 Å². The minimum absolute atomic E-state index is 0.177. The van der Waals surface area contributed by atoms with Crippen LogP contribution in [-0.4, -0.2) is 9.97 Å². The molecule has 56 heavy (non-hydrogen) atoms. The van der Waals surface area contributed by atoms with Gasteiger partial charge in [0.1, 0.15) is 11.2 Å². The predicted octanol–water partition coefficient (Wildman–Crippen LogP) is 14.2. The van der Waals surface area contributed by atoms with E-state index in [9.17, 15) is 0 Å². The normalized spacial score (nSPS) is 13.0. The van der Waals surface area contributed by atoms with Crippen molar-refractivity contribution < 1.29 is 4.42 Å². The minimum Gasteiger partial charge on any atom is -0.456 e. The van der Waals surface area contributed by atoms with Crippen LogP contribution in [0.2, 0.25) is 0 Å². The van der Waals surface area contributed by atoms with E-state index in [1.54, 1.807) is 0 Å². The molecule has 11 rings (SSSR count). The van der Waals surface area contributed by atoms with Crippen molar-refractivity contribution >= 4 is 32.7 Å². The van der Waals surface area contributed by atoms with Gasteiger partial charge in [-0.1, -0.05) is 166 Å². The first kappa shape index (κ1) is 32.3. The Morgan fingerprint density at radius 2 is 1.05 bits per heavy atom. The van der Waals surface area contributed by atoms with E-state index in [1.807, 2.05) is 18.2 Å². The molecule has 0 saturated heterocycles. The predicted molar refractivity (Wildman–Crippen MR) is 232 cm³/mol. The van der Waals surface area contributed by atoms with Crippen LogP contribution in [0.4, 0.5) is 0 Å². The quantitative estimate of drug-likeness (QED) is 0.178. The Balaban J connectivity index is 1.09. The summed E-state index contributed by atoms with van der Waals surface area (Å²) in [6, 6.07) is 64.7. The van der Waals surface area contributed by atoms with Gasteiger partial charge in [0.2, 0.25) is 0 Å². The van der Waals surface area contributed by atoms with E-state index >= 15 is 0 Å². The van der Waals surface area contributed by atoms with Crippen molar-refractivity contribution in [2.45, 2.75) is 19.3 Å². The van der Waals surface area contributed by atoms with Gasteiger partial charge in [-0.05, 0) is 85.6 Å². The molecule has 0 fully saturated rings. The molecule has 1 aliphatic rings. The summed E-state index contributed by atoms with van der Waals surface area (Å²) in [5.74, 6) is 0.697. The van der Waals surface area contributed by atoms with E-state index in [0.717, 1.165) is 66.7 Å². The molecular weight excluding hydrogens is 681 g/mol. The molecule has 0 saturated carbocycles. The first-order valence-electron chi connectivity index (χ1n) is 19.2. The van der Waals surface area contributed by atoms with E-state index in [2.05, 4.69) is 178 Å². The van der Waals surface area contributed by atoms with Gasteiger partial charge in [-0.15, -0.1) is 0 Å². The summed E-state index contributed by atoms with van der Waals surface area (Å²) in [6.07, 6.45) is 0. The second-order valence-electron chi connectivity index (χ2n) is 15.4. The first-order valence-corrected chi connectivity index (χ1v) is 19.2. The van der Waals surface area contributed by atoms with Crippen LogP contribution in [0.3, 0.4) is 0 Å². The highest BCUT2D eigenvalue weighted by Crippen LogP contribution is 2.54. The van der Waals surface area contributed by atoms with E-state index < -0.39 is 0 Å². The zero-order valence-corrected chi connectivity index (χ0v) is 31.1. The number of nitrogens with zero attached hydrogens (tertiary/aromatic N) is 2. The zero-order valence-electron chi connectivity index (χ0n) is 31.1. The van der Waals surface area contributed by atoms with Gasteiger partial charge in [0.15, 0.2) is 5.82 Å². The second kappa shape index (κ2) is 12.5. The summed E-state index contributed by atoms with van der Waals surface area (Å²) in [7, 11) is 0. The summed E-state index contributed by atoms with van der Waals surface area (Å²) >= 11 is 0. The second-order valence-corrected chi connectivity index (χ2v) is 15.4. The van der Waals surface area contributed by atoms with Crippen LogP contribution in [0.1, 0.15) is 25.0 Å². The molecular formula is C53H36N2O. The van der Waals surface area contributed by atoms with Crippen molar-refractivity contribution in [3.63, 3.8) is 0 Å². The first-order chi connectivity index (χ1) is 27.5. The van der Waals surface area contributed by atoms with E-state index in [1.165, 1.54) is 38.6 Å². The summed E-state index contributed by atoms with van der Waals surface area (Å²) in [4.78, 5) is 10.7. The third-order valence-electron chi connectivity index (χ3n) is 11.7. The lowest BCUT2D eigenvalue weighted by Gasteiger charge is -2.23. The fourth-order valence-corrected chi connectivity index (χ4v) is 8.93. The number of benzene rings is 8. The largest absolute Gasteiger partial charge is 0.456 e. The highest BCUT2D eigenvalue weighted by Gasteiger charge is 2.38. The molecule has 10 aromatic rings. The van der Waals surface area contributed by atoms with Crippen molar-refractivity contribution in [2.75, 3.05) is 0 Å². The van der Waals surface area contributed by atoms with Gasteiger partial charge >= 0.3 is 0 Å². The third-order valence-corrected chi connectivity index (χ3v) is 11.7.